The first-order chi connectivity index (χ1) is 3.18. The molecule has 0 unspecified atom stereocenters. The van der Waals surface area contributed by atoms with Crippen LogP contribution in [-0.4, -0.2) is 15.6 Å². The van der Waals surface area contributed by atoms with E-state index in [1.54, 1.807) is 0 Å². The summed E-state index contributed by atoms with van der Waals surface area (Å²) in [5, 5.41) is 15.4. The van der Waals surface area contributed by atoms with Crippen LogP contribution < -0.4 is 0 Å². The summed E-state index contributed by atoms with van der Waals surface area (Å²) >= 11 is 4.67. The molecule has 0 aromatic heterocycles. The zero-order chi connectivity index (χ0) is 5.86. The van der Waals surface area contributed by atoms with E-state index >= 15 is 0 Å². The summed E-state index contributed by atoms with van der Waals surface area (Å²) in [5.41, 5.74) is 0. The molecule has 0 atom stereocenters. The van der Waals surface area contributed by atoms with Crippen LogP contribution in [0, 0.1) is 11.5 Å². The van der Waals surface area contributed by atoms with Gasteiger partial charge in [-0.2, -0.15) is 5.26 Å². The van der Waals surface area contributed by atoms with Crippen molar-refractivity contribution in [3.63, 3.8) is 0 Å². The second-order valence-corrected chi connectivity index (χ2v) is 1.00. The van der Waals surface area contributed by atoms with Gasteiger partial charge in [-0.15, -0.1) is 4.42 Å². The van der Waals surface area contributed by atoms with E-state index in [0.717, 1.165) is 6.19 Å². The van der Waals surface area contributed by atoms with Gasteiger partial charge in [0.25, 0.3) is 0 Å². The van der Waals surface area contributed by atoms with E-state index in [-0.39, 0.29) is 4.42 Å². The van der Waals surface area contributed by atoms with Gasteiger partial charge in [0, 0.05) is 11.8 Å². The lowest BCUT2D eigenvalue weighted by Gasteiger charge is -1.90. The lowest BCUT2D eigenvalue weighted by Crippen LogP contribution is -2.11. The molecule has 0 rings (SSSR count). The van der Waals surface area contributed by atoms with Crippen LogP contribution in [0.15, 0.2) is 0 Å². The normalized spacial score (nSPS) is 6.86. The Bertz CT molecular complexity index is 117. The summed E-state index contributed by atoms with van der Waals surface area (Å²) < 4.78 is -0.0139. The van der Waals surface area contributed by atoms with Crippen LogP contribution in [0.3, 0.4) is 0 Å². The molecular weight excluding hydrogens is 119 g/mol. The van der Waals surface area contributed by atoms with Gasteiger partial charge in [-0.05, 0) is 0 Å². The first-order valence-corrected chi connectivity index (χ1v) is 1.61. The van der Waals surface area contributed by atoms with E-state index in [9.17, 15) is 4.79 Å². The fourth-order valence-electron chi connectivity index (χ4n) is 0.0428. The van der Waals surface area contributed by atoms with Crippen molar-refractivity contribution < 1.29 is 9.90 Å². The molecule has 0 heterocycles. The molecule has 0 aliphatic rings. The summed E-state index contributed by atoms with van der Waals surface area (Å²) in [4.78, 5) is 9.50. The quantitative estimate of drug-likeness (QED) is 0.289. The maximum absolute atomic E-state index is 9.50. The Morgan fingerprint density at radius 2 is 2.43 bits per heavy atom. The van der Waals surface area contributed by atoms with Crippen LogP contribution >= 0.6 is 11.8 Å². The van der Waals surface area contributed by atoms with E-state index in [1.807, 2.05) is 0 Å². The van der Waals surface area contributed by atoms with Gasteiger partial charge >= 0.3 is 6.09 Å². The number of hydrogen-bond acceptors (Lipinski definition) is 2. The molecule has 0 aliphatic carbocycles. The van der Waals surface area contributed by atoms with Gasteiger partial charge < -0.3 is 5.11 Å². The van der Waals surface area contributed by atoms with Crippen LogP contribution in [0.2, 0.25) is 0 Å². The van der Waals surface area contributed by atoms with E-state index in [4.69, 9.17) is 10.4 Å². The highest BCUT2D eigenvalue weighted by Gasteiger charge is 2.03. The Hall–Kier alpha value is -0.950. The minimum absolute atomic E-state index is 0.0139. The Kier molecular flexibility index (Phi) is 1.96. The first-order valence-electron chi connectivity index (χ1n) is 1.27. The topological polar surface area (TPSA) is 64.3 Å². The van der Waals surface area contributed by atoms with Crippen molar-refractivity contribution in [1.82, 2.24) is 4.42 Å². The van der Waals surface area contributed by atoms with Crippen LogP contribution in [0.1, 0.15) is 0 Å². The zero-order valence-corrected chi connectivity index (χ0v) is 3.88. The van der Waals surface area contributed by atoms with Crippen molar-refractivity contribution in [2.24, 2.45) is 0 Å². The second kappa shape index (κ2) is 2.26. The maximum Gasteiger partial charge on any atom is 0.436 e. The molecule has 0 aromatic rings. The van der Waals surface area contributed by atoms with Gasteiger partial charge in [-0.25, -0.2) is 4.79 Å². The van der Waals surface area contributed by atoms with E-state index in [2.05, 4.69) is 11.8 Å². The number of nitriles is 1. The lowest BCUT2D eigenvalue weighted by molar-refractivity contribution is 0.184. The van der Waals surface area contributed by atoms with Crippen LogP contribution in [0.5, 0.6) is 0 Å². The molecule has 4 nitrogen and oxygen atoms in total. The standard InChI is InChI=1S/C2HClN2O2/c3-5(1-4)2(6)7/h(H,6,7). The summed E-state index contributed by atoms with van der Waals surface area (Å²) in [6, 6.07) is 0. The highest BCUT2D eigenvalue weighted by molar-refractivity contribution is 6.21. The molecule has 0 fully saturated rings. The maximum atomic E-state index is 9.50. The predicted molar refractivity (Wildman–Crippen MR) is 21.3 cm³/mol. The Balaban J connectivity index is 3.63. The molecule has 0 aromatic carbocycles. The number of halogens is 1. The summed E-state index contributed by atoms with van der Waals surface area (Å²) in [6.45, 7) is 0. The molecule has 0 aliphatic heterocycles. The van der Waals surface area contributed by atoms with E-state index in [0.29, 0.717) is 0 Å². The zero-order valence-electron chi connectivity index (χ0n) is 3.13. The monoisotopic (exact) mass is 120 g/mol. The van der Waals surface area contributed by atoms with Crippen molar-refractivity contribution in [3.8, 4) is 6.19 Å². The third-order valence-electron chi connectivity index (χ3n) is 0.256. The molecule has 38 valence electrons. The summed E-state index contributed by atoms with van der Waals surface area (Å²) in [7, 11) is 0. The molecule has 0 saturated carbocycles. The van der Waals surface area contributed by atoms with Gasteiger partial charge in [0.05, 0.1) is 0 Å². The highest BCUT2D eigenvalue weighted by atomic mass is 35.5. The average Bonchev–Trinajstić information content (AvgIpc) is 1.65. The summed E-state index contributed by atoms with van der Waals surface area (Å²) in [6.07, 6.45) is -0.305. The fourth-order valence-corrected chi connectivity index (χ4v) is 0.0428. The molecule has 0 spiro atoms. The second-order valence-electron chi connectivity index (χ2n) is 0.663. The smallest absolute Gasteiger partial charge is 0.436 e. The SMILES string of the molecule is N#CN(Cl)C(=O)O. The largest absolute Gasteiger partial charge is 0.463 e. The van der Waals surface area contributed by atoms with Crippen LogP contribution in [-0.2, 0) is 0 Å². The van der Waals surface area contributed by atoms with Crippen LogP contribution in [0.4, 0.5) is 4.79 Å². The molecular formula is C2HClN2O2. The van der Waals surface area contributed by atoms with Gasteiger partial charge in [0.2, 0.25) is 6.19 Å². The predicted octanol–water partition coefficient (Wildman–Crippen LogP) is 0.601. The van der Waals surface area contributed by atoms with Gasteiger partial charge in [-0.3, -0.25) is 0 Å². The highest BCUT2D eigenvalue weighted by Crippen LogP contribution is 1.87. The minimum atomic E-state index is -1.47. The van der Waals surface area contributed by atoms with Gasteiger partial charge in [0.15, 0.2) is 0 Å². The number of carboxylic acid groups (broad SMARTS) is 1. The van der Waals surface area contributed by atoms with Crippen LogP contribution in [0.25, 0.3) is 0 Å². The van der Waals surface area contributed by atoms with Gasteiger partial charge in [0.1, 0.15) is 0 Å². The van der Waals surface area contributed by atoms with Crippen molar-refractivity contribution in [3.05, 3.63) is 0 Å². The number of rotatable bonds is 0. The Morgan fingerprint density at radius 1 is 2.00 bits per heavy atom. The third-order valence-corrected chi connectivity index (χ3v) is 0.476. The van der Waals surface area contributed by atoms with Crippen molar-refractivity contribution in [2.75, 3.05) is 0 Å². The average molecular weight is 120 g/mol. The number of nitrogens with zero attached hydrogens (tertiary/aromatic N) is 2. The fraction of sp³-hybridized carbons (Fsp3) is 0. The molecule has 0 saturated heterocycles. The van der Waals surface area contributed by atoms with Crippen molar-refractivity contribution in [1.29, 1.82) is 5.26 Å². The Labute approximate surface area is 44.6 Å². The molecule has 5 heteroatoms. The Morgan fingerprint density at radius 3 is 2.43 bits per heavy atom. The summed E-state index contributed by atoms with van der Waals surface area (Å²) in [5.74, 6) is 0. The molecule has 0 radical (unpaired) electrons. The molecule has 7 heavy (non-hydrogen) atoms. The number of hydrogen-bond donors (Lipinski definition) is 1. The van der Waals surface area contributed by atoms with E-state index < -0.39 is 6.09 Å². The van der Waals surface area contributed by atoms with Crippen molar-refractivity contribution >= 4 is 17.9 Å². The molecule has 1 amide bonds. The lowest BCUT2D eigenvalue weighted by atomic mass is 11.1. The molecule has 1 N–H and O–H groups in total. The number of carbonyl (C=O) groups is 1. The number of amides is 1. The minimum Gasteiger partial charge on any atom is -0.463 e. The van der Waals surface area contributed by atoms with E-state index in [1.165, 1.54) is 0 Å². The first kappa shape index (κ1) is 6.05. The van der Waals surface area contributed by atoms with Gasteiger partial charge in [-0.1, -0.05) is 0 Å². The molecule has 0 bridgehead atoms. The van der Waals surface area contributed by atoms with Crippen molar-refractivity contribution in [2.45, 2.75) is 0 Å². The third kappa shape index (κ3) is 1.84.